The van der Waals surface area contributed by atoms with Crippen molar-refractivity contribution in [1.29, 1.82) is 0 Å². The molecule has 0 bridgehead atoms. The Balaban J connectivity index is 1.45. The number of amides is 1. The molecule has 0 spiro atoms. The zero-order valence-corrected chi connectivity index (χ0v) is 13.4. The van der Waals surface area contributed by atoms with Crippen LogP contribution in [-0.2, 0) is 19.1 Å². The molecule has 0 aromatic rings. The van der Waals surface area contributed by atoms with Gasteiger partial charge in [-0.15, -0.1) is 0 Å². The number of rotatable bonds is 5. The Labute approximate surface area is 141 Å². The molecule has 1 heterocycles. The summed E-state index contributed by atoms with van der Waals surface area (Å²) in [5.41, 5.74) is -1.47. The molecule has 0 aromatic heterocycles. The van der Waals surface area contributed by atoms with Crippen LogP contribution in [-0.4, -0.2) is 29.3 Å². The van der Waals surface area contributed by atoms with Crippen molar-refractivity contribution >= 4 is 17.5 Å². The van der Waals surface area contributed by atoms with Crippen molar-refractivity contribution in [2.24, 2.45) is 5.92 Å². The fourth-order valence-electron chi connectivity index (χ4n) is 3.17. The van der Waals surface area contributed by atoms with Crippen LogP contribution in [0.5, 0.6) is 0 Å². The second-order valence-corrected chi connectivity index (χ2v) is 6.35. The molecule has 1 saturated carbocycles. The topological polar surface area (TPSA) is 75.8 Å². The van der Waals surface area contributed by atoms with E-state index in [0.717, 1.165) is 6.08 Å². The zero-order chi connectivity index (χ0) is 17.0. The molecule has 3 aliphatic rings. The fourth-order valence-corrected chi connectivity index (χ4v) is 3.17. The van der Waals surface area contributed by atoms with Gasteiger partial charge in [0.1, 0.15) is 0 Å². The highest BCUT2D eigenvalue weighted by Gasteiger charge is 2.67. The van der Waals surface area contributed by atoms with E-state index in [9.17, 15) is 14.4 Å². The van der Waals surface area contributed by atoms with Gasteiger partial charge in [0.2, 0.25) is 17.4 Å². The van der Waals surface area contributed by atoms with Gasteiger partial charge in [-0.1, -0.05) is 49.6 Å². The molecule has 2 fully saturated rings. The van der Waals surface area contributed by atoms with Gasteiger partial charge in [-0.25, -0.2) is 0 Å². The quantitative estimate of drug-likeness (QED) is 0.477. The monoisotopic (exact) mass is 327 g/mol. The molecule has 0 radical (unpaired) electrons. The smallest absolute Gasteiger partial charge is 0.246 e. The lowest BCUT2D eigenvalue weighted by Crippen LogP contribution is -2.47. The normalized spacial score (nSPS) is 30.4. The van der Waals surface area contributed by atoms with Crippen LogP contribution in [0.1, 0.15) is 32.1 Å². The van der Waals surface area contributed by atoms with Gasteiger partial charge in [0.15, 0.2) is 11.9 Å². The maximum absolute atomic E-state index is 11.9. The largest absolute Gasteiger partial charge is 0.329 e. The number of nitrogens with one attached hydrogen (secondary N) is 1. The maximum Gasteiger partial charge on any atom is 0.246 e. The maximum atomic E-state index is 11.9. The third-order valence-corrected chi connectivity index (χ3v) is 4.56. The minimum Gasteiger partial charge on any atom is -0.329 e. The van der Waals surface area contributed by atoms with Gasteiger partial charge in [0.05, 0.1) is 0 Å². The van der Waals surface area contributed by atoms with E-state index < -0.39 is 23.5 Å². The highest BCUT2D eigenvalue weighted by Crippen LogP contribution is 2.38. The number of hydrogen-bond donors (Lipinski definition) is 1. The van der Waals surface area contributed by atoms with Crippen molar-refractivity contribution in [1.82, 2.24) is 5.32 Å². The van der Waals surface area contributed by atoms with Crippen molar-refractivity contribution < 1.29 is 19.1 Å². The minimum atomic E-state index is -1.47. The molecule has 2 atom stereocenters. The van der Waals surface area contributed by atoms with Gasteiger partial charge in [0.25, 0.3) is 0 Å². The average molecular weight is 327 g/mol. The molecule has 1 saturated heterocycles. The van der Waals surface area contributed by atoms with Crippen molar-refractivity contribution in [3.8, 4) is 0 Å². The van der Waals surface area contributed by atoms with Crippen LogP contribution in [0.3, 0.4) is 0 Å². The number of carbonyl (C=O) groups is 3. The summed E-state index contributed by atoms with van der Waals surface area (Å²) in [5, 5.41) is 2.47. The molecular weight excluding hydrogens is 306 g/mol. The Morgan fingerprint density at radius 2 is 1.83 bits per heavy atom. The van der Waals surface area contributed by atoms with E-state index >= 15 is 0 Å². The van der Waals surface area contributed by atoms with E-state index in [4.69, 9.17) is 4.74 Å². The molecule has 3 rings (SSSR count). The van der Waals surface area contributed by atoms with E-state index in [0.29, 0.717) is 5.92 Å². The SMILES string of the molecule is O=C(C=C/C=C/C=C/C1CCCCC1)N[C@]12O[C@@H]1C(=O)C=CC2=O. The van der Waals surface area contributed by atoms with Gasteiger partial charge in [-0.3, -0.25) is 14.4 Å². The van der Waals surface area contributed by atoms with Crippen molar-refractivity contribution in [2.75, 3.05) is 0 Å². The first-order valence-corrected chi connectivity index (χ1v) is 8.40. The second kappa shape index (κ2) is 7.09. The number of allylic oxidation sites excluding steroid dienone is 5. The predicted octanol–water partition coefficient (Wildman–Crippen LogP) is 2.15. The Hall–Kier alpha value is -2.27. The number of hydrogen-bond acceptors (Lipinski definition) is 4. The van der Waals surface area contributed by atoms with Crippen LogP contribution >= 0.6 is 0 Å². The molecular formula is C19H21NO4. The van der Waals surface area contributed by atoms with E-state index in [-0.39, 0.29) is 5.78 Å². The van der Waals surface area contributed by atoms with Crippen LogP contribution < -0.4 is 5.32 Å². The Kier molecular flexibility index (Phi) is 4.90. The van der Waals surface area contributed by atoms with Crippen molar-refractivity contribution in [3.63, 3.8) is 0 Å². The summed E-state index contributed by atoms with van der Waals surface area (Å²) in [6.07, 6.45) is 18.7. The number of carbonyl (C=O) groups excluding carboxylic acids is 3. The molecule has 5 nitrogen and oxygen atoms in total. The fraction of sp³-hybridized carbons (Fsp3) is 0.421. The molecule has 5 heteroatoms. The minimum absolute atomic E-state index is 0.299. The highest BCUT2D eigenvalue weighted by molar-refractivity contribution is 6.16. The molecule has 1 amide bonds. The van der Waals surface area contributed by atoms with Gasteiger partial charge < -0.3 is 10.1 Å². The van der Waals surface area contributed by atoms with Crippen molar-refractivity contribution in [2.45, 2.75) is 43.9 Å². The summed E-state index contributed by atoms with van der Waals surface area (Å²) >= 11 is 0. The van der Waals surface area contributed by atoms with E-state index in [2.05, 4.69) is 11.4 Å². The Morgan fingerprint density at radius 3 is 2.62 bits per heavy atom. The van der Waals surface area contributed by atoms with Crippen LogP contribution in [0.4, 0.5) is 0 Å². The molecule has 2 aliphatic carbocycles. The lowest BCUT2D eigenvalue weighted by atomic mass is 9.89. The lowest BCUT2D eigenvalue weighted by Gasteiger charge is -2.17. The third-order valence-electron chi connectivity index (χ3n) is 4.56. The second-order valence-electron chi connectivity index (χ2n) is 6.35. The highest BCUT2D eigenvalue weighted by atomic mass is 16.6. The lowest BCUT2D eigenvalue weighted by molar-refractivity contribution is -0.127. The van der Waals surface area contributed by atoms with Crippen molar-refractivity contribution in [3.05, 3.63) is 48.6 Å². The summed E-state index contributed by atoms with van der Waals surface area (Å²) in [6.45, 7) is 0. The van der Waals surface area contributed by atoms with Gasteiger partial charge in [-0.05, 0) is 30.9 Å². The standard InChI is InChI=1S/C19H21NO4/c21-15-12-13-16(22)19(18(15)24-19)20-17(23)11-7-2-1-4-8-14-9-5-3-6-10-14/h1-2,4,7-8,11-14,18H,3,5-6,9-10H2,(H,20,23)/b2-1+,8-4+,11-7?/t18-,19-/m1/s1. The Morgan fingerprint density at radius 1 is 1.08 bits per heavy atom. The van der Waals surface area contributed by atoms with Crippen LogP contribution in [0.25, 0.3) is 0 Å². The Bertz CT molecular complexity index is 652. The van der Waals surface area contributed by atoms with Gasteiger partial charge in [-0.2, -0.15) is 0 Å². The number of fused-ring (bicyclic) bond motifs is 1. The molecule has 24 heavy (non-hydrogen) atoms. The summed E-state index contributed by atoms with van der Waals surface area (Å²) in [6, 6.07) is 0. The summed E-state index contributed by atoms with van der Waals surface area (Å²) < 4.78 is 5.12. The van der Waals surface area contributed by atoms with E-state index in [1.54, 1.807) is 12.2 Å². The molecule has 1 aliphatic heterocycles. The third kappa shape index (κ3) is 3.62. The number of ether oxygens (including phenoxy) is 1. The first-order valence-electron chi connectivity index (χ1n) is 8.40. The van der Waals surface area contributed by atoms with E-state index in [1.165, 1.54) is 44.3 Å². The molecule has 1 N–H and O–H groups in total. The molecule has 0 unspecified atom stereocenters. The molecule has 126 valence electrons. The summed E-state index contributed by atoms with van der Waals surface area (Å²) in [7, 11) is 0. The molecule has 0 aromatic carbocycles. The number of epoxide rings is 1. The van der Waals surface area contributed by atoms with Crippen LogP contribution in [0, 0.1) is 5.92 Å². The summed E-state index contributed by atoms with van der Waals surface area (Å²) in [4.78, 5) is 35.1. The zero-order valence-electron chi connectivity index (χ0n) is 13.4. The first kappa shape index (κ1) is 16.6. The van der Waals surface area contributed by atoms with Crippen LogP contribution in [0.2, 0.25) is 0 Å². The first-order chi connectivity index (χ1) is 11.6. The van der Waals surface area contributed by atoms with Gasteiger partial charge >= 0.3 is 0 Å². The summed E-state index contributed by atoms with van der Waals surface area (Å²) in [5.74, 6) is -0.497. The van der Waals surface area contributed by atoms with E-state index in [1.807, 2.05) is 12.2 Å². The average Bonchev–Trinajstić information content (AvgIpc) is 3.32. The van der Waals surface area contributed by atoms with Crippen LogP contribution in [0.15, 0.2) is 48.6 Å². The predicted molar refractivity (Wildman–Crippen MR) is 88.9 cm³/mol. The van der Waals surface area contributed by atoms with Gasteiger partial charge in [0, 0.05) is 6.08 Å². The number of ketones is 2.